The molecule has 0 aliphatic heterocycles. The van der Waals surface area contributed by atoms with Crippen molar-refractivity contribution in [2.45, 2.75) is 71.6 Å². The number of hydrogen-bond donors (Lipinski definition) is 0. The molecule has 3 heteroatoms. The van der Waals surface area contributed by atoms with E-state index in [-0.39, 0.29) is 17.4 Å². The molecule has 0 saturated heterocycles. The number of carbonyl (C=O) groups is 2. The number of rotatable bonds is 12. The summed E-state index contributed by atoms with van der Waals surface area (Å²) in [6, 6.07) is 5.51. The molecule has 1 aromatic carbocycles. The zero-order chi connectivity index (χ0) is 17.8. The Hall–Kier alpha value is -1.77. The fourth-order valence-electron chi connectivity index (χ4n) is 2.57. The van der Waals surface area contributed by atoms with Crippen molar-refractivity contribution < 1.29 is 14.0 Å². The number of allylic oxidation sites excluding steroid dienone is 2. The fourth-order valence-corrected chi connectivity index (χ4v) is 2.57. The van der Waals surface area contributed by atoms with Crippen LogP contribution in [0.1, 0.15) is 82.0 Å². The molecule has 132 valence electrons. The first-order valence-corrected chi connectivity index (χ1v) is 9.12. The number of halogens is 1. The molecule has 2 nitrogen and oxygen atoms in total. The fraction of sp³-hybridized carbons (Fsp3) is 0.524. The molecule has 0 saturated carbocycles. The Balaban J connectivity index is 2.70. The molecule has 0 aliphatic carbocycles. The van der Waals surface area contributed by atoms with Crippen LogP contribution in [0.25, 0.3) is 0 Å². The normalized spacial score (nSPS) is 11.5. The van der Waals surface area contributed by atoms with Crippen LogP contribution in [0.2, 0.25) is 0 Å². The van der Waals surface area contributed by atoms with Gasteiger partial charge >= 0.3 is 0 Å². The maximum absolute atomic E-state index is 13.0. The highest BCUT2D eigenvalue weighted by molar-refractivity contribution is 6.11. The first kappa shape index (κ1) is 20.3. The van der Waals surface area contributed by atoms with Crippen molar-refractivity contribution in [1.82, 2.24) is 0 Å². The highest BCUT2D eigenvalue weighted by Gasteiger charge is 2.14. The van der Waals surface area contributed by atoms with E-state index in [1.54, 1.807) is 0 Å². The van der Waals surface area contributed by atoms with E-state index in [4.69, 9.17) is 0 Å². The van der Waals surface area contributed by atoms with E-state index in [2.05, 4.69) is 13.8 Å². The smallest absolute Gasteiger partial charge is 0.189 e. The van der Waals surface area contributed by atoms with Crippen LogP contribution >= 0.6 is 0 Å². The lowest BCUT2D eigenvalue weighted by Gasteiger charge is -2.07. The van der Waals surface area contributed by atoms with Crippen LogP contribution in [-0.4, -0.2) is 11.6 Å². The molecule has 0 amide bonds. The van der Waals surface area contributed by atoms with Gasteiger partial charge in [-0.2, -0.15) is 0 Å². The lowest BCUT2D eigenvalue weighted by Crippen LogP contribution is -2.07. The number of ketones is 2. The SMILES string of the molecule is CCCCCCCC(=O)/C=C(\CCCC)C(=O)c1ccc(F)cc1. The van der Waals surface area contributed by atoms with Crippen LogP contribution in [0.15, 0.2) is 35.9 Å². The summed E-state index contributed by atoms with van der Waals surface area (Å²) in [5.41, 5.74) is 0.983. The van der Waals surface area contributed by atoms with Crippen molar-refractivity contribution in [2.75, 3.05) is 0 Å². The van der Waals surface area contributed by atoms with Crippen molar-refractivity contribution in [3.63, 3.8) is 0 Å². The zero-order valence-electron chi connectivity index (χ0n) is 14.9. The van der Waals surface area contributed by atoms with Gasteiger partial charge in [0.2, 0.25) is 0 Å². The van der Waals surface area contributed by atoms with Crippen LogP contribution < -0.4 is 0 Å². The van der Waals surface area contributed by atoms with Crippen molar-refractivity contribution >= 4 is 11.6 Å². The van der Waals surface area contributed by atoms with Crippen LogP contribution in [0.4, 0.5) is 4.39 Å². The van der Waals surface area contributed by atoms with Gasteiger partial charge < -0.3 is 0 Å². The number of benzene rings is 1. The highest BCUT2D eigenvalue weighted by Crippen LogP contribution is 2.16. The Morgan fingerprint density at radius 2 is 1.50 bits per heavy atom. The average molecular weight is 332 g/mol. The maximum atomic E-state index is 13.0. The minimum atomic E-state index is -0.367. The zero-order valence-corrected chi connectivity index (χ0v) is 14.9. The lowest BCUT2D eigenvalue weighted by atomic mass is 9.96. The van der Waals surface area contributed by atoms with Crippen LogP contribution in [0.3, 0.4) is 0 Å². The van der Waals surface area contributed by atoms with Gasteiger partial charge in [-0.05, 0) is 49.6 Å². The van der Waals surface area contributed by atoms with Crippen molar-refractivity contribution in [3.05, 3.63) is 47.3 Å². The van der Waals surface area contributed by atoms with Crippen LogP contribution in [0.5, 0.6) is 0 Å². The second kappa shape index (κ2) is 11.7. The summed E-state index contributed by atoms with van der Waals surface area (Å²) < 4.78 is 13.0. The summed E-state index contributed by atoms with van der Waals surface area (Å²) in [7, 11) is 0. The lowest BCUT2D eigenvalue weighted by molar-refractivity contribution is -0.114. The molecule has 24 heavy (non-hydrogen) atoms. The van der Waals surface area contributed by atoms with E-state index >= 15 is 0 Å². The van der Waals surface area contributed by atoms with E-state index < -0.39 is 0 Å². The molecule has 0 bridgehead atoms. The molecule has 0 aromatic heterocycles. The molecular weight excluding hydrogens is 303 g/mol. The predicted octanol–water partition coefficient (Wildman–Crippen LogP) is 6.05. The van der Waals surface area contributed by atoms with Crippen molar-refractivity contribution in [3.8, 4) is 0 Å². The Bertz CT molecular complexity index is 543. The third kappa shape index (κ3) is 7.67. The number of carbonyl (C=O) groups excluding carboxylic acids is 2. The molecular formula is C21H29FO2. The Labute approximate surface area is 145 Å². The van der Waals surface area contributed by atoms with Gasteiger partial charge in [-0.1, -0.05) is 46.0 Å². The molecule has 1 rings (SSSR count). The van der Waals surface area contributed by atoms with Crippen LogP contribution in [0, 0.1) is 5.82 Å². The number of hydrogen-bond acceptors (Lipinski definition) is 2. The summed E-state index contributed by atoms with van der Waals surface area (Å²) in [5, 5.41) is 0. The van der Waals surface area contributed by atoms with E-state index in [0.29, 0.717) is 24.0 Å². The second-order valence-corrected chi connectivity index (χ2v) is 6.24. The number of Topliss-reactive ketones (excluding diaryl/α,β-unsaturated/α-hetero) is 1. The molecule has 0 radical (unpaired) electrons. The van der Waals surface area contributed by atoms with Crippen LogP contribution in [-0.2, 0) is 4.79 Å². The van der Waals surface area contributed by atoms with E-state index in [0.717, 1.165) is 32.1 Å². The van der Waals surface area contributed by atoms with Gasteiger partial charge in [-0.25, -0.2) is 4.39 Å². The first-order chi connectivity index (χ1) is 11.6. The molecule has 0 fully saturated rings. The van der Waals surface area contributed by atoms with E-state index in [1.165, 1.54) is 43.2 Å². The third-order valence-corrected chi connectivity index (χ3v) is 4.06. The standard InChI is InChI=1S/C21H29FO2/c1-3-5-7-8-9-11-20(23)16-18(10-6-4-2)21(24)17-12-14-19(22)15-13-17/h12-16H,3-11H2,1-2H3/b18-16+. The molecule has 0 aliphatic rings. The van der Waals surface area contributed by atoms with Gasteiger partial charge in [0.25, 0.3) is 0 Å². The predicted molar refractivity (Wildman–Crippen MR) is 96.7 cm³/mol. The Morgan fingerprint density at radius 3 is 2.12 bits per heavy atom. The molecule has 0 unspecified atom stereocenters. The molecule has 0 atom stereocenters. The monoisotopic (exact) mass is 332 g/mol. The Kier molecular flexibility index (Phi) is 9.90. The molecule has 0 spiro atoms. The summed E-state index contributed by atoms with van der Waals surface area (Å²) in [6.45, 7) is 4.21. The van der Waals surface area contributed by atoms with Crippen molar-refractivity contribution in [1.29, 1.82) is 0 Å². The summed E-state index contributed by atoms with van der Waals surface area (Å²) >= 11 is 0. The molecule has 0 heterocycles. The summed E-state index contributed by atoms with van der Waals surface area (Å²) in [4.78, 5) is 24.7. The van der Waals surface area contributed by atoms with Crippen molar-refractivity contribution in [2.24, 2.45) is 0 Å². The third-order valence-electron chi connectivity index (χ3n) is 4.06. The van der Waals surface area contributed by atoms with Gasteiger partial charge in [0.1, 0.15) is 5.82 Å². The minimum Gasteiger partial charge on any atom is -0.295 e. The topological polar surface area (TPSA) is 34.1 Å². The molecule has 1 aromatic rings. The average Bonchev–Trinajstić information content (AvgIpc) is 2.58. The highest BCUT2D eigenvalue weighted by atomic mass is 19.1. The van der Waals surface area contributed by atoms with Gasteiger partial charge in [0.05, 0.1) is 0 Å². The second-order valence-electron chi connectivity index (χ2n) is 6.24. The number of unbranched alkanes of at least 4 members (excludes halogenated alkanes) is 5. The Morgan fingerprint density at radius 1 is 0.875 bits per heavy atom. The van der Waals surface area contributed by atoms with Gasteiger partial charge in [-0.15, -0.1) is 0 Å². The summed E-state index contributed by atoms with van der Waals surface area (Å²) in [6.07, 6.45) is 9.90. The van der Waals surface area contributed by atoms with E-state index in [9.17, 15) is 14.0 Å². The quantitative estimate of drug-likeness (QED) is 0.265. The maximum Gasteiger partial charge on any atom is 0.189 e. The minimum absolute atomic E-state index is 0.0214. The van der Waals surface area contributed by atoms with Gasteiger partial charge in [0, 0.05) is 17.6 Å². The molecule has 0 N–H and O–H groups in total. The largest absolute Gasteiger partial charge is 0.295 e. The van der Waals surface area contributed by atoms with Gasteiger partial charge in [-0.3, -0.25) is 9.59 Å². The first-order valence-electron chi connectivity index (χ1n) is 9.12. The van der Waals surface area contributed by atoms with Gasteiger partial charge in [0.15, 0.2) is 11.6 Å². The van der Waals surface area contributed by atoms with E-state index in [1.807, 2.05) is 0 Å². The summed E-state index contributed by atoms with van der Waals surface area (Å²) in [5.74, 6) is -0.510.